The molecule has 0 N–H and O–H groups in total. The Morgan fingerprint density at radius 1 is 1.24 bits per heavy atom. The molecule has 17 heavy (non-hydrogen) atoms. The van der Waals surface area contributed by atoms with Gasteiger partial charge in [0, 0.05) is 11.3 Å². The Labute approximate surface area is 106 Å². The van der Waals surface area contributed by atoms with Crippen LogP contribution in [0.3, 0.4) is 0 Å². The van der Waals surface area contributed by atoms with Gasteiger partial charge in [-0.1, -0.05) is 12.1 Å². The summed E-state index contributed by atoms with van der Waals surface area (Å²) in [6.07, 6.45) is 0. The molecule has 0 radical (unpaired) electrons. The average molecular weight is 246 g/mol. The van der Waals surface area contributed by atoms with Crippen LogP contribution in [0.2, 0.25) is 0 Å². The Balaban J connectivity index is 2.47. The van der Waals surface area contributed by atoms with E-state index in [1.165, 1.54) is 0 Å². The number of ether oxygens (including phenoxy) is 1. The van der Waals surface area contributed by atoms with Gasteiger partial charge in [0.05, 0.1) is 18.6 Å². The minimum absolute atomic E-state index is 0.540. The van der Waals surface area contributed by atoms with Gasteiger partial charge in [-0.2, -0.15) is 12.6 Å². The molecule has 0 saturated heterocycles. The number of nitrogens with zero attached hydrogens (tertiary/aromatic N) is 2. The third-order valence-electron chi connectivity index (χ3n) is 2.41. The lowest BCUT2D eigenvalue weighted by Crippen LogP contribution is -1.96. The standard InChI is InChI=1S/C13H14N2OS/c1-9-6-12(15-13(8-17)14-9)10-4-3-5-11(7-10)16-2/h3-7,17H,8H2,1-2H3. The van der Waals surface area contributed by atoms with Crippen molar-refractivity contribution in [2.24, 2.45) is 0 Å². The zero-order valence-corrected chi connectivity index (χ0v) is 10.7. The smallest absolute Gasteiger partial charge is 0.138 e. The third-order valence-corrected chi connectivity index (χ3v) is 2.69. The summed E-state index contributed by atoms with van der Waals surface area (Å²) in [4.78, 5) is 8.76. The van der Waals surface area contributed by atoms with E-state index in [1.54, 1.807) is 7.11 Å². The number of thiol groups is 1. The Morgan fingerprint density at radius 2 is 2.06 bits per heavy atom. The van der Waals surface area contributed by atoms with Gasteiger partial charge in [0.2, 0.25) is 0 Å². The normalized spacial score (nSPS) is 10.3. The van der Waals surface area contributed by atoms with Crippen LogP contribution in [0.4, 0.5) is 0 Å². The quantitative estimate of drug-likeness (QED) is 0.846. The topological polar surface area (TPSA) is 35.0 Å². The maximum absolute atomic E-state index is 5.20. The van der Waals surface area contributed by atoms with Crippen molar-refractivity contribution in [1.82, 2.24) is 9.97 Å². The van der Waals surface area contributed by atoms with Crippen molar-refractivity contribution < 1.29 is 4.74 Å². The maximum atomic E-state index is 5.20. The van der Waals surface area contributed by atoms with Gasteiger partial charge >= 0.3 is 0 Å². The molecule has 88 valence electrons. The predicted octanol–water partition coefficient (Wildman–Crippen LogP) is 2.89. The van der Waals surface area contributed by atoms with Gasteiger partial charge < -0.3 is 4.74 Å². The van der Waals surface area contributed by atoms with Gasteiger partial charge in [-0.25, -0.2) is 9.97 Å². The van der Waals surface area contributed by atoms with E-state index >= 15 is 0 Å². The van der Waals surface area contributed by atoms with E-state index in [0.29, 0.717) is 5.75 Å². The summed E-state index contributed by atoms with van der Waals surface area (Å²) in [7, 11) is 1.66. The zero-order chi connectivity index (χ0) is 12.3. The number of methoxy groups -OCH3 is 1. The largest absolute Gasteiger partial charge is 0.497 e. The Morgan fingerprint density at radius 3 is 2.76 bits per heavy atom. The first kappa shape index (κ1) is 11.9. The van der Waals surface area contributed by atoms with E-state index in [1.807, 2.05) is 37.3 Å². The van der Waals surface area contributed by atoms with E-state index in [2.05, 4.69) is 22.6 Å². The van der Waals surface area contributed by atoms with E-state index in [0.717, 1.165) is 28.5 Å². The molecule has 0 aliphatic carbocycles. The minimum atomic E-state index is 0.540. The van der Waals surface area contributed by atoms with Crippen LogP contribution in [-0.2, 0) is 5.75 Å². The molecule has 2 aromatic rings. The van der Waals surface area contributed by atoms with Crippen LogP contribution in [0.25, 0.3) is 11.3 Å². The average Bonchev–Trinajstić information content (AvgIpc) is 2.38. The summed E-state index contributed by atoms with van der Waals surface area (Å²) in [5.74, 6) is 2.11. The molecule has 1 aromatic carbocycles. The molecular formula is C13H14N2OS. The van der Waals surface area contributed by atoms with Crippen molar-refractivity contribution in [3.8, 4) is 17.0 Å². The Kier molecular flexibility index (Phi) is 3.64. The third kappa shape index (κ3) is 2.77. The minimum Gasteiger partial charge on any atom is -0.497 e. The first-order valence-corrected chi connectivity index (χ1v) is 5.96. The molecule has 1 heterocycles. The zero-order valence-electron chi connectivity index (χ0n) is 9.84. The van der Waals surface area contributed by atoms with Crippen LogP contribution in [-0.4, -0.2) is 17.1 Å². The van der Waals surface area contributed by atoms with Gasteiger partial charge in [-0.3, -0.25) is 0 Å². The molecule has 0 spiro atoms. The fraction of sp³-hybridized carbons (Fsp3) is 0.231. The van der Waals surface area contributed by atoms with Crippen LogP contribution < -0.4 is 4.74 Å². The Hall–Kier alpha value is -1.55. The Bertz CT molecular complexity index is 529. The molecule has 0 aliphatic rings. The molecule has 0 bridgehead atoms. The SMILES string of the molecule is COc1cccc(-c2cc(C)nc(CS)n2)c1. The number of benzene rings is 1. The van der Waals surface area contributed by atoms with E-state index < -0.39 is 0 Å². The highest BCUT2D eigenvalue weighted by atomic mass is 32.1. The molecule has 2 rings (SSSR count). The molecule has 0 atom stereocenters. The second-order valence-corrected chi connectivity index (χ2v) is 4.02. The number of hydrogen-bond donors (Lipinski definition) is 1. The van der Waals surface area contributed by atoms with Crippen LogP contribution in [0, 0.1) is 6.92 Å². The molecule has 0 saturated carbocycles. The number of hydrogen-bond acceptors (Lipinski definition) is 4. The highest BCUT2D eigenvalue weighted by Gasteiger charge is 2.04. The first-order chi connectivity index (χ1) is 8.22. The molecule has 1 aromatic heterocycles. The van der Waals surface area contributed by atoms with E-state index in [-0.39, 0.29) is 0 Å². The number of rotatable bonds is 3. The first-order valence-electron chi connectivity index (χ1n) is 5.33. The van der Waals surface area contributed by atoms with Gasteiger partial charge in [0.25, 0.3) is 0 Å². The highest BCUT2D eigenvalue weighted by molar-refractivity contribution is 7.79. The molecule has 0 unspecified atom stereocenters. The van der Waals surface area contributed by atoms with E-state index in [9.17, 15) is 0 Å². The van der Waals surface area contributed by atoms with E-state index in [4.69, 9.17) is 4.74 Å². The fourth-order valence-electron chi connectivity index (χ4n) is 1.63. The molecule has 0 aliphatic heterocycles. The number of aryl methyl sites for hydroxylation is 1. The van der Waals surface area contributed by atoms with Crippen molar-refractivity contribution in [3.05, 3.63) is 41.9 Å². The van der Waals surface area contributed by atoms with Crippen LogP contribution in [0.5, 0.6) is 5.75 Å². The highest BCUT2D eigenvalue weighted by Crippen LogP contribution is 2.22. The van der Waals surface area contributed by atoms with Crippen molar-refractivity contribution in [1.29, 1.82) is 0 Å². The lowest BCUT2D eigenvalue weighted by molar-refractivity contribution is 0.415. The van der Waals surface area contributed by atoms with Crippen LogP contribution in [0.1, 0.15) is 11.5 Å². The molecule has 0 fully saturated rings. The van der Waals surface area contributed by atoms with Crippen LogP contribution in [0.15, 0.2) is 30.3 Å². The molecule has 0 amide bonds. The second-order valence-electron chi connectivity index (χ2n) is 3.70. The summed E-state index contributed by atoms with van der Waals surface area (Å²) in [6, 6.07) is 9.79. The van der Waals surface area contributed by atoms with Crippen molar-refractivity contribution in [2.45, 2.75) is 12.7 Å². The molecule has 3 nitrogen and oxygen atoms in total. The predicted molar refractivity (Wildman–Crippen MR) is 71.4 cm³/mol. The summed E-state index contributed by atoms with van der Waals surface area (Å²) < 4.78 is 5.20. The summed E-state index contributed by atoms with van der Waals surface area (Å²) in [5, 5.41) is 0. The lowest BCUT2D eigenvalue weighted by atomic mass is 10.1. The summed E-state index contributed by atoms with van der Waals surface area (Å²) in [5.41, 5.74) is 2.88. The van der Waals surface area contributed by atoms with Crippen molar-refractivity contribution in [2.75, 3.05) is 7.11 Å². The van der Waals surface area contributed by atoms with Gasteiger partial charge in [-0.05, 0) is 25.1 Å². The van der Waals surface area contributed by atoms with Gasteiger partial charge in [0.1, 0.15) is 11.6 Å². The maximum Gasteiger partial charge on any atom is 0.138 e. The summed E-state index contributed by atoms with van der Waals surface area (Å²) >= 11 is 4.21. The molecular weight excluding hydrogens is 232 g/mol. The number of aromatic nitrogens is 2. The fourth-order valence-corrected chi connectivity index (χ4v) is 1.77. The van der Waals surface area contributed by atoms with Gasteiger partial charge in [0.15, 0.2) is 0 Å². The van der Waals surface area contributed by atoms with Gasteiger partial charge in [-0.15, -0.1) is 0 Å². The second kappa shape index (κ2) is 5.19. The monoisotopic (exact) mass is 246 g/mol. The lowest BCUT2D eigenvalue weighted by Gasteiger charge is -2.06. The molecule has 4 heteroatoms. The van der Waals surface area contributed by atoms with Crippen molar-refractivity contribution in [3.63, 3.8) is 0 Å². The summed E-state index contributed by atoms with van der Waals surface area (Å²) in [6.45, 7) is 1.96. The van der Waals surface area contributed by atoms with Crippen LogP contribution >= 0.6 is 12.6 Å². The van der Waals surface area contributed by atoms with Crippen molar-refractivity contribution >= 4 is 12.6 Å².